The van der Waals surface area contributed by atoms with Crippen LogP contribution in [0.25, 0.3) is 0 Å². The highest BCUT2D eigenvalue weighted by atomic mass is 79.9. The van der Waals surface area contributed by atoms with Crippen LogP contribution in [0.5, 0.6) is 0 Å². The highest BCUT2D eigenvalue weighted by molar-refractivity contribution is 9.10. The number of nitrogens with zero attached hydrogens (tertiary/aromatic N) is 2. The van der Waals surface area contributed by atoms with Crippen molar-refractivity contribution in [1.82, 2.24) is 15.3 Å². The number of nitrogens with one attached hydrogen (secondary N) is 1. The minimum Gasteiger partial charge on any atom is -0.308 e. The normalized spacial score (nSPS) is 12.4. The second-order valence-corrected chi connectivity index (χ2v) is 4.55. The first kappa shape index (κ1) is 13.0. The summed E-state index contributed by atoms with van der Waals surface area (Å²) in [6.07, 6.45) is 4.46. The molecule has 0 bridgehead atoms. The van der Waals surface area contributed by atoms with E-state index in [2.05, 4.69) is 31.2 Å². The first-order chi connectivity index (χ1) is 8.63. The molecule has 94 valence electrons. The summed E-state index contributed by atoms with van der Waals surface area (Å²) >= 11 is 3.05. The number of hydrogen-bond acceptors (Lipinski definition) is 3. The van der Waals surface area contributed by atoms with Gasteiger partial charge in [-0.15, -0.1) is 0 Å². The molecule has 0 radical (unpaired) electrons. The van der Waals surface area contributed by atoms with Gasteiger partial charge >= 0.3 is 0 Å². The van der Waals surface area contributed by atoms with E-state index in [1.54, 1.807) is 7.05 Å². The third-order valence-corrected chi connectivity index (χ3v) is 2.96. The molecule has 2 aromatic rings. The zero-order chi connectivity index (χ0) is 13.1. The summed E-state index contributed by atoms with van der Waals surface area (Å²) in [5, 5.41) is 2.84. The molecule has 6 heteroatoms. The van der Waals surface area contributed by atoms with Crippen LogP contribution in [0.15, 0.2) is 35.2 Å². The molecule has 0 amide bonds. The van der Waals surface area contributed by atoms with Gasteiger partial charge in [0.25, 0.3) is 0 Å². The highest BCUT2D eigenvalue weighted by Crippen LogP contribution is 2.27. The van der Waals surface area contributed by atoms with Crippen LogP contribution >= 0.6 is 15.9 Å². The fourth-order valence-electron chi connectivity index (χ4n) is 1.73. The molecule has 0 aliphatic heterocycles. The molecule has 0 aliphatic carbocycles. The van der Waals surface area contributed by atoms with Crippen LogP contribution in [0, 0.1) is 11.6 Å². The lowest BCUT2D eigenvalue weighted by molar-refractivity contribution is 0.516. The van der Waals surface area contributed by atoms with Gasteiger partial charge in [-0.2, -0.15) is 0 Å². The maximum absolute atomic E-state index is 13.9. The van der Waals surface area contributed by atoms with E-state index in [1.807, 2.05) is 0 Å². The maximum atomic E-state index is 13.9. The van der Waals surface area contributed by atoms with E-state index >= 15 is 0 Å². The zero-order valence-electron chi connectivity index (χ0n) is 9.49. The largest absolute Gasteiger partial charge is 0.308 e. The lowest BCUT2D eigenvalue weighted by atomic mass is 10.0. The van der Waals surface area contributed by atoms with E-state index in [0.29, 0.717) is 10.2 Å². The van der Waals surface area contributed by atoms with Crippen molar-refractivity contribution in [3.63, 3.8) is 0 Å². The van der Waals surface area contributed by atoms with Gasteiger partial charge in [-0.25, -0.2) is 8.78 Å². The third-order valence-electron chi connectivity index (χ3n) is 2.50. The Hall–Kier alpha value is -1.40. The van der Waals surface area contributed by atoms with Crippen molar-refractivity contribution in [2.45, 2.75) is 6.04 Å². The smallest absolute Gasteiger partial charge is 0.132 e. The van der Waals surface area contributed by atoms with Crippen molar-refractivity contribution in [2.24, 2.45) is 0 Å². The van der Waals surface area contributed by atoms with Crippen LogP contribution in [0.3, 0.4) is 0 Å². The quantitative estimate of drug-likeness (QED) is 0.947. The van der Waals surface area contributed by atoms with Crippen LogP contribution in [0.4, 0.5) is 8.78 Å². The molecule has 1 unspecified atom stereocenters. The molecular formula is C12H10BrF2N3. The third kappa shape index (κ3) is 2.54. The lowest BCUT2D eigenvalue weighted by Gasteiger charge is -2.17. The van der Waals surface area contributed by atoms with Crippen molar-refractivity contribution >= 4 is 15.9 Å². The molecule has 2 rings (SSSR count). The topological polar surface area (TPSA) is 37.8 Å². The molecule has 18 heavy (non-hydrogen) atoms. The van der Waals surface area contributed by atoms with Gasteiger partial charge in [-0.05, 0) is 19.2 Å². The first-order valence-electron chi connectivity index (χ1n) is 5.21. The van der Waals surface area contributed by atoms with E-state index < -0.39 is 17.7 Å². The molecule has 1 heterocycles. The number of rotatable bonds is 3. The molecule has 0 aliphatic rings. The molecule has 0 fully saturated rings. The lowest BCUT2D eigenvalue weighted by Crippen LogP contribution is -2.21. The van der Waals surface area contributed by atoms with Crippen molar-refractivity contribution in [3.8, 4) is 0 Å². The summed E-state index contributed by atoms with van der Waals surface area (Å²) in [6, 6.07) is 1.77. The van der Waals surface area contributed by atoms with Gasteiger partial charge in [0, 0.05) is 22.4 Å². The molecular weight excluding hydrogens is 304 g/mol. The predicted molar refractivity (Wildman–Crippen MR) is 67.0 cm³/mol. The number of aromatic nitrogens is 2. The summed E-state index contributed by atoms with van der Waals surface area (Å²) < 4.78 is 28.1. The molecule has 1 aromatic heterocycles. The number of benzene rings is 1. The Balaban J connectivity index is 2.52. The van der Waals surface area contributed by atoms with Crippen LogP contribution in [-0.2, 0) is 0 Å². The zero-order valence-corrected chi connectivity index (χ0v) is 11.1. The fourth-order valence-corrected chi connectivity index (χ4v) is 2.13. The summed E-state index contributed by atoms with van der Waals surface area (Å²) in [5.41, 5.74) is 0.390. The first-order valence-corrected chi connectivity index (χ1v) is 6.00. The molecule has 0 saturated heterocycles. The Kier molecular flexibility index (Phi) is 3.98. The van der Waals surface area contributed by atoms with Crippen molar-refractivity contribution in [2.75, 3.05) is 7.05 Å². The van der Waals surface area contributed by atoms with E-state index in [-0.39, 0.29) is 5.56 Å². The van der Waals surface area contributed by atoms with Gasteiger partial charge in [0.2, 0.25) is 0 Å². The van der Waals surface area contributed by atoms with Crippen LogP contribution in [0.2, 0.25) is 0 Å². The molecule has 0 spiro atoms. The minimum absolute atomic E-state index is 0.0683. The van der Waals surface area contributed by atoms with E-state index in [9.17, 15) is 8.78 Å². The van der Waals surface area contributed by atoms with E-state index in [0.717, 1.165) is 0 Å². The summed E-state index contributed by atoms with van der Waals surface area (Å²) in [4.78, 5) is 7.96. The standard InChI is InChI=1S/C12H10BrF2N3/c1-16-12(10-6-17-2-3-18-10)11-8(14)4-7(13)5-9(11)15/h2-6,12,16H,1H3. The number of hydrogen-bond donors (Lipinski definition) is 1. The molecule has 1 atom stereocenters. The maximum Gasteiger partial charge on any atom is 0.132 e. The van der Waals surface area contributed by atoms with E-state index in [4.69, 9.17) is 0 Å². The van der Waals surface area contributed by atoms with Gasteiger partial charge < -0.3 is 5.32 Å². The van der Waals surface area contributed by atoms with Crippen LogP contribution < -0.4 is 5.32 Å². The summed E-state index contributed by atoms with van der Waals surface area (Å²) in [6.45, 7) is 0. The Morgan fingerprint density at radius 1 is 1.22 bits per heavy atom. The van der Waals surface area contributed by atoms with Gasteiger partial charge in [-0.3, -0.25) is 9.97 Å². The Bertz CT molecular complexity index is 525. The molecule has 1 aromatic carbocycles. The number of halogens is 3. The van der Waals surface area contributed by atoms with Crippen LogP contribution in [0.1, 0.15) is 17.3 Å². The predicted octanol–water partition coefficient (Wildman–Crippen LogP) is 2.83. The minimum atomic E-state index is -0.674. The van der Waals surface area contributed by atoms with Gasteiger partial charge in [0.1, 0.15) is 11.6 Å². The van der Waals surface area contributed by atoms with Gasteiger partial charge in [0.05, 0.1) is 17.9 Å². The molecule has 3 nitrogen and oxygen atoms in total. The summed E-state index contributed by atoms with van der Waals surface area (Å²) in [5.74, 6) is -1.27. The second kappa shape index (κ2) is 5.49. The SMILES string of the molecule is CNC(c1cnccn1)c1c(F)cc(Br)cc1F. The average molecular weight is 314 g/mol. The van der Waals surface area contributed by atoms with Crippen molar-refractivity contribution in [3.05, 3.63) is 58.1 Å². The van der Waals surface area contributed by atoms with Gasteiger partial charge in [0.15, 0.2) is 0 Å². The molecule has 1 N–H and O–H groups in total. The Labute approximate surface area is 111 Å². The van der Waals surface area contributed by atoms with Crippen molar-refractivity contribution < 1.29 is 8.78 Å². The van der Waals surface area contributed by atoms with Crippen LogP contribution in [-0.4, -0.2) is 17.0 Å². The monoisotopic (exact) mass is 313 g/mol. The average Bonchev–Trinajstić information content (AvgIpc) is 2.34. The second-order valence-electron chi connectivity index (χ2n) is 3.64. The Morgan fingerprint density at radius 2 is 1.89 bits per heavy atom. The van der Waals surface area contributed by atoms with Gasteiger partial charge in [-0.1, -0.05) is 15.9 Å². The summed E-state index contributed by atoms with van der Waals surface area (Å²) in [7, 11) is 1.61. The fraction of sp³-hybridized carbons (Fsp3) is 0.167. The highest BCUT2D eigenvalue weighted by Gasteiger charge is 2.22. The van der Waals surface area contributed by atoms with E-state index in [1.165, 1.54) is 30.7 Å². The Morgan fingerprint density at radius 3 is 2.39 bits per heavy atom. The van der Waals surface area contributed by atoms with Crippen molar-refractivity contribution in [1.29, 1.82) is 0 Å². The molecule has 0 saturated carbocycles.